The Morgan fingerprint density at radius 1 is 1.04 bits per heavy atom. The summed E-state index contributed by atoms with van der Waals surface area (Å²) in [5, 5.41) is 11.3. The van der Waals surface area contributed by atoms with E-state index >= 15 is 0 Å². The predicted molar refractivity (Wildman–Crippen MR) is 109 cm³/mol. The van der Waals surface area contributed by atoms with Crippen molar-refractivity contribution >= 4 is 23.1 Å². The summed E-state index contributed by atoms with van der Waals surface area (Å²) in [6.45, 7) is 4.75. The summed E-state index contributed by atoms with van der Waals surface area (Å²) in [6.07, 6.45) is 0.993. The molecule has 0 saturated heterocycles. The van der Waals surface area contributed by atoms with E-state index in [2.05, 4.69) is 32.5 Å². The number of carbonyl (C=O) groups excluding carboxylic acids is 1. The van der Waals surface area contributed by atoms with Crippen molar-refractivity contribution in [2.75, 3.05) is 16.8 Å². The van der Waals surface area contributed by atoms with Gasteiger partial charge in [0, 0.05) is 12.2 Å². The summed E-state index contributed by atoms with van der Waals surface area (Å²) in [6, 6.07) is 19.2. The van der Waals surface area contributed by atoms with Gasteiger partial charge in [-0.3, -0.25) is 4.79 Å². The zero-order valence-corrected chi connectivity index (χ0v) is 15.9. The molecule has 0 unspecified atom stereocenters. The smallest absolute Gasteiger partial charge is 0.276 e. The van der Waals surface area contributed by atoms with Gasteiger partial charge in [0.25, 0.3) is 5.91 Å². The van der Waals surface area contributed by atoms with Gasteiger partial charge in [0.05, 0.1) is 11.8 Å². The molecule has 0 spiro atoms. The molecule has 4 rings (SSSR count). The van der Waals surface area contributed by atoms with Gasteiger partial charge < -0.3 is 15.0 Å². The zero-order chi connectivity index (χ0) is 19.5. The Labute approximate surface area is 164 Å². The Bertz CT molecular complexity index is 986. The second-order valence-corrected chi connectivity index (χ2v) is 6.92. The zero-order valence-electron chi connectivity index (χ0n) is 15.9. The summed E-state index contributed by atoms with van der Waals surface area (Å²) in [5.74, 6) is 1.05. The summed E-state index contributed by atoms with van der Waals surface area (Å²) >= 11 is 0. The molecule has 0 radical (unpaired) electrons. The number of carbonyl (C=O) groups is 1. The van der Waals surface area contributed by atoms with Gasteiger partial charge in [-0.2, -0.15) is 0 Å². The maximum absolute atomic E-state index is 12.6. The van der Waals surface area contributed by atoms with E-state index in [9.17, 15) is 4.79 Å². The number of hydrogen-bond donors (Lipinski definition) is 1. The Hall–Kier alpha value is -3.41. The average molecular weight is 374 g/mol. The lowest BCUT2D eigenvalue weighted by Crippen LogP contribution is -2.19. The quantitative estimate of drug-likeness (QED) is 0.725. The summed E-state index contributed by atoms with van der Waals surface area (Å²) in [7, 11) is 0. The highest BCUT2D eigenvalue weighted by atomic mass is 16.5. The van der Waals surface area contributed by atoms with Crippen molar-refractivity contribution in [3.63, 3.8) is 0 Å². The number of ether oxygens (including phenoxy) is 1. The first kappa shape index (κ1) is 18.0. The van der Waals surface area contributed by atoms with Crippen LogP contribution in [0.25, 0.3) is 0 Å². The molecule has 0 atom stereocenters. The fourth-order valence-corrected chi connectivity index (χ4v) is 3.28. The molecule has 6 heteroatoms. The Morgan fingerprint density at radius 2 is 1.82 bits per heavy atom. The number of para-hydroxylation sites is 3. The fraction of sp³-hybridized carbons (Fsp3) is 0.227. The molecule has 0 saturated carbocycles. The molecule has 3 aromatic rings. The largest absolute Gasteiger partial charge is 0.489 e. The first-order chi connectivity index (χ1) is 13.6. The van der Waals surface area contributed by atoms with Gasteiger partial charge in [-0.25, -0.2) is 0 Å². The van der Waals surface area contributed by atoms with E-state index in [0.29, 0.717) is 11.4 Å². The van der Waals surface area contributed by atoms with E-state index in [-0.39, 0.29) is 17.7 Å². The second kappa shape index (κ2) is 7.68. The van der Waals surface area contributed by atoms with Crippen LogP contribution in [0.3, 0.4) is 0 Å². The van der Waals surface area contributed by atoms with Crippen molar-refractivity contribution in [2.45, 2.75) is 26.4 Å². The highest BCUT2D eigenvalue weighted by molar-refractivity contribution is 6.03. The number of fused-ring (bicyclic) bond motifs is 1. The number of amides is 1. The first-order valence-corrected chi connectivity index (χ1v) is 9.38. The van der Waals surface area contributed by atoms with Crippen molar-refractivity contribution in [1.82, 2.24) is 10.2 Å². The fourth-order valence-electron chi connectivity index (χ4n) is 3.28. The second-order valence-electron chi connectivity index (χ2n) is 6.92. The number of aromatic nitrogens is 2. The van der Waals surface area contributed by atoms with Crippen LogP contribution in [-0.4, -0.2) is 28.8 Å². The maximum atomic E-state index is 12.6. The summed E-state index contributed by atoms with van der Waals surface area (Å²) < 4.78 is 5.74. The van der Waals surface area contributed by atoms with Crippen LogP contribution in [0, 0.1) is 0 Å². The molecule has 1 aliphatic heterocycles. The van der Waals surface area contributed by atoms with Gasteiger partial charge in [-0.05, 0) is 56.2 Å². The minimum absolute atomic E-state index is 0.0143. The molecule has 28 heavy (non-hydrogen) atoms. The van der Waals surface area contributed by atoms with Crippen molar-refractivity contribution < 1.29 is 9.53 Å². The van der Waals surface area contributed by atoms with Gasteiger partial charge >= 0.3 is 0 Å². The predicted octanol–water partition coefficient (Wildman–Crippen LogP) is 4.21. The third kappa shape index (κ3) is 3.67. The minimum Gasteiger partial charge on any atom is -0.489 e. The highest BCUT2D eigenvalue weighted by Crippen LogP contribution is 2.32. The molecule has 0 fully saturated rings. The molecule has 2 heterocycles. The SMILES string of the molecule is CC(C)Oc1ccccc1NC(=O)c1ccc(N2CCc3ccccc32)nn1. The highest BCUT2D eigenvalue weighted by Gasteiger charge is 2.21. The molecule has 1 aromatic heterocycles. The van der Waals surface area contributed by atoms with Crippen LogP contribution in [0.5, 0.6) is 5.75 Å². The molecule has 6 nitrogen and oxygen atoms in total. The van der Waals surface area contributed by atoms with E-state index in [1.807, 2.05) is 50.2 Å². The number of hydrogen-bond acceptors (Lipinski definition) is 5. The molecule has 2 aromatic carbocycles. The number of nitrogens with one attached hydrogen (secondary N) is 1. The Balaban J connectivity index is 1.50. The molecular formula is C22H22N4O2. The standard InChI is InChI=1S/C22H22N4O2/c1-15(2)28-20-10-6-4-8-17(20)23-22(27)18-11-12-21(25-24-18)26-14-13-16-7-3-5-9-19(16)26/h3-12,15H,13-14H2,1-2H3,(H,23,27). The normalized spacial score (nSPS) is 12.8. The molecular weight excluding hydrogens is 352 g/mol. The van der Waals surface area contributed by atoms with Crippen LogP contribution in [0.15, 0.2) is 60.7 Å². The molecule has 142 valence electrons. The van der Waals surface area contributed by atoms with E-state index in [1.54, 1.807) is 12.1 Å². The lowest BCUT2D eigenvalue weighted by Gasteiger charge is -2.17. The lowest BCUT2D eigenvalue weighted by atomic mass is 10.2. The van der Waals surface area contributed by atoms with Crippen LogP contribution >= 0.6 is 0 Å². The third-order valence-electron chi connectivity index (χ3n) is 4.54. The topological polar surface area (TPSA) is 67.3 Å². The van der Waals surface area contributed by atoms with Crippen LogP contribution in [0.1, 0.15) is 29.9 Å². The summed E-state index contributed by atoms with van der Waals surface area (Å²) in [4.78, 5) is 14.7. The summed E-state index contributed by atoms with van der Waals surface area (Å²) in [5.41, 5.74) is 3.32. The monoisotopic (exact) mass is 374 g/mol. The van der Waals surface area contributed by atoms with E-state index in [0.717, 1.165) is 24.5 Å². The molecule has 1 N–H and O–H groups in total. The van der Waals surface area contributed by atoms with Crippen LogP contribution < -0.4 is 15.0 Å². The van der Waals surface area contributed by atoms with E-state index in [1.165, 1.54) is 5.56 Å². The number of benzene rings is 2. The van der Waals surface area contributed by atoms with E-state index in [4.69, 9.17) is 4.74 Å². The van der Waals surface area contributed by atoms with Gasteiger partial charge in [-0.1, -0.05) is 30.3 Å². The van der Waals surface area contributed by atoms with Crippen LogP contribution in [0.2, 0.25) is 0 Å². The molecule has 0 bridgehead atoms. The Morgan fingerprint density at radius 3 is 2.61 bits per heavy atom. The van der Waals surface area contributed by atoms with Crippen molar-refractivity contribution in [3.05, 3.63) is 71.9 Å². The van der Waals surface area contributed by atoms with E-state index < -0.39 is 0 Å². The van der Waals surface area contributed by atoms with Gasteiger partial charge in [0.1, 0.15) is 5.75 Å². The molecule has 1 aliphatic rings. The Kier molecular flexibility index (Phi) is 4.93. The minimum atomic E-state index is -0.319. The van der Waals surface area contributed by atoms with Crippen molar-refractivity contribution in [2.24, 2.45) is 0 Å². The maximum Gasteiger partial charge on any atom is 0.276 e. The average Bonchev–Trinajstić information content (AvgIpc) is 3.13. The van der Waals surface area contributed by atoms with Crippen molar-refractivity contribution in [3.8, 4) is 5.75 Å². The van der Waals surface area contributed by atoms with Crippen LogP contribution in [-0.2, 0) is 6.42 Å². The third-order valence-corrected chi connectivity index (χ3v) is 4.54. The van der Waals surface area contributed by atoms with Gasteiger partial charge in [-0.15, -0.1) is 10.2 Å². The number of nitrogens with zero attached hydrogens (tertiary/aromatic N) is 3. The van der Waals surface area contributed by atoms with Crippen molar-refractivity contribution in [1.29, 1.82) is 0 Å². The molecule has 1 amide bonds. The van der Waals surface area contributed by atoms with Gasteiger partial charge in [0.2, 0.25) is 0 Å². The number of rotatable bonds is 5. The number of anilines is 3. The lowest BCUT2D eigenvalue weighted by molar-refractivity contribution is 0.102. The first-order valence-electron chi connectivity index (χ1n) is 9.38. The molecule has 0 aliphatic carbocycles. The van der Waals surface area contributed by atoms with Gasteiger partial charge in [0.15, 0.2) is 11.5 Å². The van der Waals surface area contributed by atoms with Crippen LogP contribution in [0.4, 0.5) is 17.2 Å².